The zero-order valence-electron chi connectivity index (χ0n) is 7.86. The molecule has 0 radical (unpaired) electrons. The molecule has 1 unspecified atom stereocenters. The third kappa shape index (κ3) is 4.02. The van der Waals surface area contributed by atoms with Crippen molar-refractivity contribution in [2.75, 3.05) is 23.4 Å². The Hall–Kier alpha value is -0.680. The van der Waals surface area contributed by atoms with Crippen LogP contribution in [-0.2, 0) is 10.8 Å². The number of anilines is 1. The summed E-state index contributed by atoms with van der Waals surface area (Å²) in [6.45, 7) is 2.53. The predicted molar refractivity (Wildman–Crippen MR) is 59.1 cm³/mol. The third-order valence-corrected chi connectivity index (χ3v) is 3.07. The molecule has 1 N–H and O–H groups in total. The summed E-state index contributed by atoms with van der Waals surface area (Å²) in [5.41, 5.74) is 0. The highest BCUT2D eigenvalue weighted by atomic mass is 35.5. The maximum Gasteiger partial charge on any atom is 0.224 e. The predicted octanol–water partition coefficient (Wildman–Crippen LogP) is 1.31. The first-order valence-electron chi connectivity index (χ1n) is 4.29. The quantitative estimate of drug-likeness (QED) is 0.780. The van der Waals surface area contributed by atoms with Gasteiger partial charge in [0.25, 0.3) is 0 Å². The number of nitrogens with zero attached hydrogens (tertiary/aromatic N) is 2. The monoisotopic (exact) mass is 233 g/mol. The number of halogens is 1. The minimum atomic E-state index is -0.745. The lowest BCUT2D eigenvalue weighted by Crippen LogP contribution is -2.12. The summed E-state index contributed by atoms with van der Waals surface area (Å²) >= 11 is 5.59. The van der Waals surface area contributed by atoms with Crippen LogP contribution in [0.5, 0.6) is 0 Å². The Balaban J connectivity index is 2.35. The Kier molecular flexibility index (Phi) is 4.82. The zero-order valence-corrected chi connectivity index (χ0v) is 9.44. The lowest BCUT2D eigenvalue weighted by Gasteiger charge is -2.03. The molecule has 1 rings (SSSR count). The molecule has 1 aromatic heterocycles. The fourth-order valence-electron chi connectivity index (χ4n) is 0.871. The van der Waals surface area contributed by atoms with E-state index in [9.17, 15) is 4.21 Å². The van der Waals surface area contributed by atoms with Crippen LogP contribution in [0, 0.1) is 0 Å². The van der Waals surface area contributed by atoms with Gasteiger partial charge in [-0.25, -0.2) is 9.97 Å². The zero-order chi connectivity index (χ0) is 10.4. The Labute approximate surface area is 90.6 Å². The molecule has 0 amide bonds. The van der Waals surface area contributed by atoms with E-state index in [2.05, 4.69) is 15.3 Å². The highest BCUT2D eigenvalue weighted by Crippen LogP contribution is 2.04. The van der Waals surface area contributed by atoms with E-state index in [1.54, 1.807) is 12.3 Å². The molecule has 0 saturated carbocycles. The maximum atomic E-state index is 11.1. The summed E-state index contributed by atoms with van der Waals surface area (Å²) in [6.07, 6.45) is 1.58. The van der Waals surface area contributed by atoms with Crippen molar-refractivity contribution in [2.45, 2.75) is 6.92 Å². The van der Waals surface area contributed by atoms with E-state index >= 15 is 0 Å². The minimum Gasteiger partial charge on any atom is -0.369 e. The van der Waals surface area contributed by atoms with Gasteiger partial charge >= 0.3 is 0 Å². The van der Waals surface area contributed by atoms with Crippen molar-refractivity contribution >= 4 is 28.2 Å². The molecule has 0 bridgehead atoms. The van der Waals surface area contributed by atoms with Crippen molar-refractivity contribution < 1.29 is 4.21 Å². The van der Waals surface area contributed by atoms with Gasteiger partial charge in [-0.05, 0) is 17.7 Å². The maximum absolute atomic E-state index is 11.1. The van der Waals surface area contributed by atoms with Gasteiger partial charge in [0.1, 0.15) is 5.82 Å². The average molecular weight is 234 g/mol. The number of rotatable bonds is 5. The van der Waals surface area contributed by atoms with Gasteiger partial charge in [0.05, 0.1) is 0 Å². The van der Waals surface area contributed by atoms with Crippen molar-refractivity contribution in [1.29, 1.82) is 0 Å². The highest BCUT2D eigenvalue weighted by molar-refractivity contribution is 7.84. The lowest BCUT2D eigenvalue weighted by atomic mass is 10.5. The fourth-order valence-corrected chi connectivity index (χ4v) is 1.64. The Morgan fingerprint density at radius 3 is 3.07 bits per heavy atom. The summed E-state index contributed by atoms with van der Waals surface area (Å²) in [4.78, 5) is 7.69. The molecule has 14 heavy (non-hydrogen) atoms. The second kappa shape index (κ2) is 5.93. The molecular weight excluding hydrogens is 222 g/mol. The molecule has 4 nitrogen and oxygen atoms in total. The third-order valence-electron chi connectivity index (χ3n) is 1.58. The van der Waals surface area contributed by atoms with Crippen LogP contribution < -0.4 is 5.32 Å². The van der Waals surface area contributed by atoms with Gasteiger partial charge in [-0.1, -0.05) is 6.92 Å². The Morgan fingerprint density at radius 2 is 2.43 bits per heavy atom. The van der Waals surface area contributed by atoms with E-state index in [4.69, 9.17) is 11.6 Å². The topological polar surface area (TPSA) is 54.9 Å². The second-order valence-electron chi connectivity index (χ2n) is 2.57. The van der Waals surface area contributed by atoms with E-state index in [0.717, 1.165) is 0 Å². The van der Waals surface area contributed by atoms with Crippen LogP contribution in [0.3, 0.4) is 0 Å². The summed E-state index contributed by atoms with van der Waals surface area (Å²) in [5, 5.41) is 3.24. The number of hydrogen-bond donors (Lipinski definition) is 1. The standard InChI is InChI=1S/C8H12ClN3OS/c1-2-14(13)6-5-10-7-3-4-11-8(9)12-7/h3-4H,2,5-6H2,1H3,(H,10,11,12). The van der Waals surface area contributed by atoms with Crippen LogP contribution in [0.4, 0.5) is 5.82 Å². The van der Waals surface area contributed by atoms with Crippen molar-refractivity contribution in [3.8, 4) is 0 Å². The molecule has 0 spiro atoms. The van der Waals surface area contributed by atoms with Crippen LogP contribution in [0.25, 0.3) is 0 Å². The van der Waals surface area contributed by atoms with Crippen molar-refractivity contribution in [3.05, 3.63) is 17.5 Å². The molecule has 6 heteroatoms. The lowest BCUT2D eigenvalue weighted by molar-refractivity contribution is 0.684. The van der Waals surface area contributed by atoms with E-state index in [1.165, 1.54) is 0 Å². The number of aromatic nitrogens is 2. The molecule has 0 aliphatic heterocycles. The first-order valence-corrected chi connectivity index (χ1v) is 6.16. The second-order valence-corrected chi connectivity index (χ2v) is 4.77. The molecule has 0 aromatic carbocycles. The molecule has 0 saturated heterocycles. The van der Waals surface area contributed by atoms with E-state index in [-0.39, 0.29) is 5.28 Å². The molecule has 0 aliphatic carbocycles. The largest absolute Gasteiger partial charge is 0.369 e. The molecule has 1 atom stereocenters. The molecule has 1 aromatic rings. The summed E-state index contributed by atoms with van der Waals surface area (Å²) < 4.78 is 11.1. The highest BCUT2D eigenvalue weighted by Gasteiger charge is 1.97. The summed E-state index contributed by atoms with van der Waals surface area (Å²) in [7, 11) is -0.745. The van der Waals surface area contributed by atoms with Gasteiger partial charge in [0.15, 0.2) is 0 Å². The van der Waals surface area contributed by atoms with E-state index in [0.29, 0.717) is 23.9 Å². The minimum absolute atomic E-state index is 0.214. The number of hydrogen-bond acceptors (Lipinski definition) is 4. The van der Waals surface area contributed by atoms with Crippen LogP contribution in [-0.4, -0.2) is 32.2 Å². The molecule has 0 aliphatic rings. The average Bonchev–Trinajstić information content (AvgIpc) is 2.17. The SMILES string of the molecule is CCS(=O)CCNc1ccnc(Cl)n1. The van der Waals surface area contributed by atoms with Crippen LogP contribution >= 0.6 is 11.6 Å². The van der Waals surface area contributed by atoms with Gasteiger partial charge in [-0.3, -0.25) is 4.21 Å². The van der Waals surface area contributed by atoms with Crippen molar-refractivity contribution in [2.24, 2.45) is 0 Å². The Morgan fingerprint density at radius 1 is 1.64 bits per heavy atom. The van der Waals surface area contributed by atoms with Crippen LogP contribution in [0.2, 0.25) is 5.28 Å². The summed E-state index contributed by atoms with van der Waals surface area (Å²) in [5.74, 6) is 1.97. The van der Waals surface area contributed by atoms with E-state index in [1.807, 2.05) is 6.92 Å². The van der Waals surface area contributed by atoms with Gasteiger partial charge in [-0.2, -0.15) is 0 Å². The smallest absolute Gasteiger partial charge is 0.224 e. The van der Waals surface area contributed by atoms with E-state index < -0.39 is 10.8 Å². The molecular formula is C8H12ClN3OS. The van der Waals surface area contributed by atoms with Gasteiger partial charge in [0, 0.05) is 35.0 Å². The number of nitrogens with one attached hydrogen (secondary N) is 1. The van der Waals surface area contributed by atoms with Gasteiger partial charge in [-0.15, -0.1) is 0 Å². The van der Waals surface area contributed by atoms with Gasteiger partial charge < -0.3 is 5.32 Å². The fraction of sp³-hybridized carbons (Fsp3) is 0.500. The first kappa shape index (κ1) is 11.4. The molecule has 78 valence electrons. The van der Waals surface area contributed by atoms with Crippen molar-refractivity contribution in [1.82, 2.24) is 9.97 Å². The van der Waals surface area contributed by atoms with Crippen molar-refractivity contribution in [3.63, 3.8) is 0 Å². The van der Waals surface area contributed by atoms with Gasteiger partial charge in [0.2, 0.25) is 5.28 Å². The Bertz CT molecular complexity index is 321. The molecule has 1 heterocycles. The molecule has 0 fully saturated rings. The van der Waals surface area contributed by atoms with Crippen LogP contribution in [0.1, 0.15) is 6.92 Å². The normalized spacial score (nSPS) is 12.4. The van der Waals surface area contributed by atoms with Crippen LogP contribution in [0.15, 0.2) is 12.3 Å². The first-order chi connectivity index (χ1) is 6.72. The summed E-state index contributed by atoms with van der Waals surface area (Å²) in [6, 6.07) is 1.72.